The summed E-state index contributed by atoms with van der Waals surface area (Å²) in [5.41, 5.74) is 7.24. The first kappa shape index (κ1) is 14.8. The van der Waals surface area contributed by atoms with Crippen LogP contribution in [0.25, 0.3) is 0 Å². The van der Waals surface area contributed by atoms with Crippen LogP contribution in [0.3, 0.4) is 0 Å². The number of nitrogen functional groups attached to an aromatic ring is 1. The molecule has 1 unspecified atom stereocenters. The van der Waals surface area contributed by atoms with Crippen molar-refractivity contribution in [3.8, 4) is 6.07 Å². The van der Waals surface area contributed by atoms with Crippen LogP contribution in [0.5, 0.6) is 0 Å². The number of nitriles is 1. The molecule has 0 saturated heterocycles. The average Bonchev–Trinajstić information content (AvgIpc) is 2.41. The Labute approximate surface area is 114 Å². The lowest BCUT2D eigenvalue weighted by Gasteiger charge is -2.24. The predicted octanol–water partition coefficient (Wildman–Crippen LogP) is 1.81. The van der Waals surface area contributed by atoms with Gasteiger partial charge in [0.25, 0.3) is 0 Å². The second-order valence-electron chi connectivity index (χ2n) is 4.29. The highest BCUT2D eigenvalue weighted by molar-refractivity contribution is 5.85. The van der Waals surface area contributed by atoms with Crippen molar-refractivity contribution in [2.45, 2.75) is 26.8 Å². The van der Waals surface area contributed by atoms with Gasteiger partial charge in [0, 0.05) is 18.8 Å². The van der Waals surface area contributed by atoms with Gasteiger partial charge in [-0.1, -0.05) is 0 Å². The van der Waals surface area contributed by atoms with Crippen LogP contribution < -0.4 is 11.1 Å². The highest BCUT2D eigenvalue weighted by atomic mass is 16.2. The van der Waals surface area contributed by atoms with Crippen LogP contribution in [0.4, 0.5) is 11.4 Å². The Hall–Kier alpha value is -2.22. The maximum Gasteiger partial charge on any atom is 0.244 e. The van der Waals surface area contributed by atoms with E-state index in [1.165, 1.54) is 0 Å². The van der Waals surface area contributed by atoms with E-state index in [4.69, 9.17) is 11.0 Å². The van der Waals surface area contributed by atoms with Crippen molar-refractivity contribution in [3.05, 3.63) is 23.8 Å². The summed E-state index contributed by atoms with van der Waals surface area (Å²) in [5.74, 6) is 0.0192. The Kier molecular flexibility index (Phi) is 5.19. The minimum atomic E-state index is -0.379. The molecule has 0 aromatic heterocycles. The molecule has 0 saturated carbocycles. The smallest absolute Gasteiger partial charge is 0.244 e. The molecular weight excluding hydrogens is 240 g/mol. The fourth-order valence-electron chi connectivity index (χ4n) is 1.88. The van der Waals surface area contributed by atoms with E-state index in [0.717, 1.165) is 0 Å². The molecule has 1 amide bonds. The van der Waals surface area contributed by atoms with Gasteiger partial charge in [-0.05, 0) is 39.0 Å². The van der Waals surface area contributed by atoms with Crippen LogP contribution in [-0.4, -0.2) is 29.9 Å². The van der Waals surface area contributed by atoms with E-state index in [1.54, 1.807) is 30.0 Å². The van der Waals surface area contributed by atoms with E-state index in [1.807, 2.05) is 13.8 Å². The summed E-state index contributed by atoms with van der Waals surface area (Å²) in [5, 5.41) is 12.1. The number of rotatable bonds is 5. The second kappa shape index (κ2) is 6.64. The molecule has 3 N–H and O–H groups in total. The largest absolute Gasteiger partial charge is 0.399 e. The lowest BCUT2D eigenvalue weighted by Crippen LogP contribution is -2.41. The standard InChI is InChI=1S/C14H20N4O/c1-4-18(5-2)14(19)10(3)17-13-7-6-12(16)8-11(13)9-15/h6-8,10,17H,4-5,16H2,1-3H3. The van der Waals surface area contributed by atoms with Crippen molar-refractivity contribution in [2.75, 3.05) is 24.1 Å². The molecule has 5 heteroatoms. The molecule has 0 aliphatic carbocycles. The summed E-state index contributed by atoms with van der Waals surface area (Å²) in [4.78, 5) is 13.9. The Morgan fingerprint density at radius 3 is 2.63 bits per heavy atom. The Morgan fingerprint density at radius 1 is 1.47 bits per heavy atom. The third kappa shape index (κ3) is 3.62. The van der Waals surface area contributed by atoms with Gasteiger partial charge in [-0.15, -0.1) is 0 Å². The summed E-state index contributed by atoms with van der Waals surface area (Å²) in [7, 11) is 0. The molecule has 0 heterocycles. The fraction of sp³-hybridized carbons (Fsp3) is 0.429. The van der Waals surface area contributed by atoms with Crippen LogP contribution in [-0.2, 0) is 4.79 Å². The van der Waals surface area contributed by atoms with Crippen LogP contribution in [0.15, 0.2) is 18.2 Å². The molecule has 1 aromatic rings. The quantitative estimate of drug-likeness (QED) is 0.791. The van der Waals surface area contributed by atoms with Crippen LogP contribution in [0, 0.1) is 11.3 Å². The molecule has 0 radical (unpaired) electrons. The summed E-state index contributed by atoms with van der Waals surface area (Å²) in [6.07, 6.45) is 0. The van der Waals surface area contributed by atoms with Crippen molar-refractivity contribution in [2.24, 2.45) is 0 Å². The van der Waals surface area contributed by atoms with Crippen LogP contribution in [0.2, 0.25) is 0 Å². The zero-order valence-electron chi connectivity index (χ0n) is 11.6. The highest BCUT2D eigenvalue weighted by Crippen LogP contribution is 2.19. The Balaban J connectivity index is 2.85. The van der Waals surface area contributed by atoms with Crippen LogP contribution >= 0.6 is 0 Å². The van der Waals surface area contributed by atoms with Gasteiger partial charge in [-0.3, -0.25) is 4.79 Å². The highest BCUT2D eigenvalue weighted by Gasteiger charge is 2.18. The molecule has 1 atom stereocenters. The zero-order valence-corrected chi connectivity index (χ0v) is 11.6. The van der Waals surface area contributed by atoms with E-state index in [9.17, 15) is 4.79 Å². The Bertz CT molecular complexity index is 489. The number of hydrogen-bond acceptors (Lipinski definition) is 4. The predicted molar refractivity (Wildman–Crippen MR) is 76.6 cm³/mol. The lowest BCUT2D eigenvalue weighted by molar-refractivity contribution is -0.131. The number of likely N-dealkylation sites (N-methyl/N-ethyl adjacent to an activating group) is 1. The summed E-state index contributed by atoms with van der Waals surface area (Å²) in [6, 6.07) is 6.71. The van der Waals surface area contributed by atoms with E-state index in [0.29, 0.717) is 30.0 Å². The van der Waals surface area contributed by atoms with E-state index < -0.39 is 0 Å². The second-order valence-corrected chi connectivity index (χ2v) is 4.29. The van der Waals surface area contributed by atoms with Crippen molar-refractivity contribution >= 4 is 17.3 Å². The molecule has 0 spiro atoms. The topological polar surface area (TPSA) is 82.2 Å². The average molecular weight is 260 g/mol. The number of amides is 1. The molecule has 1 rings (SSSR count). The van der Waals surface area contributed by atoms with Gasteiger partial charge in [0.1, 0.15) is 12.1 Å². The van der Waals surface area contributed by atoms with Crippen molar-refractivity contribution in [1.82, 2.24) is 4.90 Å². The molecule has 19 heavy (non-hydrogen) atoms. The number of nitrogens with one attached hydrogen (secondary N) is 1. The molecule has 5 nitrogen and oxygen atoms in total. The SMILES string of the molecule is CCN(CC)C(=O)C(C)Nc1ccc(N)cc1C#N. The van der Waals surface area contributed by atoms with Gasteiger partial charge >= 0.3 is 0 Å². The van der Waals surface area contributed by atoms with E-state index in [2.05, 4.69) is 11.4 Å². The van der Waals surface area contributed by atoms with Gasteiger partial charge < -0.3 is 16.0 Å². The number of nitrogens with zero attached hydrogens (tertiary/aromatic N) is 2. The molecule has 1 aromatic carbocycles. The minimum absolute atomic E-state index is 0.0192. The third-order valence-corrected chi connectivity index (χ3v) is 2.98. The van der Waals surface area contributed by atoms with Gasteiger partial charge in [0.15, 0.2) is 0 Å². The number of carbonyl (C=O) groups is 1. The number of nitrogens with two attached hydrogens (primary N) is 1. The van der Waals surface area contributed by atoms with Crippen LogP contribution in [0.1, 0.15) is 26.3 Å². The first-order valence-corrected chi connectivity index (χ1v) is 6.38. The number of hydrogen-bond donors (Lipinski definition) is 2. The molecule has 0 bridgehead atoms. The third-order valence-electron chi connectivity index (χ3n) is 2.98. The van der Waals surface area contributed by atoms with Gasteiger partial charge in [-0.25, -0.2) is 0 Å². The van der Waals surface area contributed by atoms with Gasteiger partial charge in [0.05, 0.1) is 11.3 Å². The molecule has 0 aliphatic heterocycles. The number of carbonyl (C=O) groups excluding carboxylic acids is 1. The van der Waals surface area contributed by atoms with Gasteiger partial charge in [-0.2, -0.15) is 5.26 Å². The first-order valence-electron chi connectivity index (χ1n) is 6.38. The monoisotopic (exact) mass is 260 g/mol. The minimum Gasteiger partial charge on any atom is -0.399 e. The zero-order chi connectivity index (χ0) is 14.4. The molecular formula is C14H20N4O. The summed E-state index contributed by atoms with van der Waals surface area (Å²) < 4.78 is 0. The first-order chi connectivity index (χ1) is 9.03. The molecule has 102 valence electrons. The summed E-state index contributed by atoms with van der Waals surface area (Å²) in [6.45, 7) is 7.02. The summed E-state index contributed by atoms with van der Waals surface area (Å²) >= 11 is 0. The van der Waals surface area contributed by atoms with E-state index >= 15 is 0 Å². The fourth-order valence-corrected chi connectivity index (χ4v) is 1.88. The number of anilines is 2. The van der Waals surface area contributed by atoms with Crippen molar-refractivity contribution in [3.63, 3.8) is 0 Å². The van der Waals surface area contributed by atoms with E-state index in [-0.39, 0.29) is 11.9 Å². The lowest BCUT2D eigenvalue weighted by atomic mass is 10.1. The number of benzene rings is 1. The van der Waals surface area contributed by atoms with Crippen molar-refractivity contribution < 1.29 is 4.79 Å². The van der Waals surface area contributed by atoms with Gasteiger partial charge in [0.2, 0.25) is 5.91 Å². The van der Waals surface area contributed by atoms with Crippen molar-refractivity contribution in [1.29, 1.82) is 5.26 Å². The maximum absolute atomic E-state index is 12.1. The Morgan fingerprint density at radius 2 is 2.11 bits per heavy atom. The molecule has 0 fully saturated rings. The normalized spacial score (nSPS) is 11.5. The maximum atomic E-state index is 12.1. The molecule has 0 aliphatic rings.